The third-order valence-corrected chi connectivity index (χ3v) is 9.45. The van der Waals surface area contributed by atoms with Crippen molar-refractivity contribution in [2.24, 2.45) is 0 Å². The van der Waals surface area contributed by atoms with Gasteiger partial charge in [0.1, 0.15) is 5.65 Å². The number of aliphatic hydroxyl groups excluding tert-OH is 1. The lowest BCUT2D eigenvalue weighted by molar-refractivity contribution is -0.119. The summed E-state index contributed by atoms with van der Waals surface area (Å²) < 4.78 is 5.65. The molecular formula is C36H38Cl2N6O3. The third-order valence-electron chi connectivity index (χ3n) is 8.63. The molecule has 1 amide bonds. The van der Waals surface area contributed by atoms with Crippen LogP contribution in [0.15, 0.2) is 66.9 Å². The maximum atomic E-state index is 11.5. The van der Waals surface area contributed by atoms with Crippen LogP contribution in [0.3, 0.4) is 0 Å². The zero-order chi connectivity index (χ0) is 32.9. The van der Waals surface area contributed by atoms with Crippen LogP contribution in [-0.2, 0) is 17.8 Å². The van der Waals surface area contributed by atoms with Crippen molar-refractivity contribution in [1.29, 1.82) is 0 Å². The van der Waals surface area contributed by atoms with Crippen molar-refractivity contribution < 1.29 is 14.6 Å². The number of nitrogens with one attached hydrogen (secondary N) is 3. The van der Waals surface area contributed by atoms with Gasteiger partial charge in [0.15, 0.2) is 0 Å². The third kappa shape index (κ3) is 7.30. The second kappa shape index (κ2) is 14.8. The van der Waals surface area contributed by atoms with E-state index in [0.29, 0.717) is 47.7 Å². The molecule has 5 aromatic rings. The van der Waals surface area contributed by atoms with Gasteiger partial charge in [-0.05, 0) is 43.7 Å². The molecule has 0 bridgehead atoms. The van der Waals surface area contributed by atoms with Gasteiger partial charge in [0.2, 0.25) is 11.8 Å². The van der Waals surface area contributed by atoms with Crippen LogP contribution >= 0.6 is 23.2 Å². The number of ether oxygens (including phenoxy) is 1. The quantitative estimate of drug-likeness (QED) is 0.119. The number of carbonyl (C=O) groups excluding carboxylic acids is 1. The van der Waals surface area contributed by atoms with Crippen molar-refractivity contribution in [3.8, 4) is 39.5 Å². The average molecular weight is 674 g/mol. The number of likely N-dealkylation sites (N-methyl/N-ethyl adjacent to an activating group) is 1. The summed E-state index contributed by atoms with van der Waals surface area (Å²) in [5.41, 5.74) is 7.49. The number of fused-ring (bicyclic) bond motifs is 1. The van der Waals surface area contributed by atoms with E-state index >= 15 is 0 Å². The smallest absolute Gasteiger partial charge is 0.220 e. The van der Waals surface area contributed by atoms with Gasteiger partial charge in [-0.2, -0.15) is 0 Å². The van der Waals surface area contributed by atoms with Gasteiger partial charge in [-0.15, -0.1) is 0 Å². The van der Waals surface area contributed by atoms with E-state index in [1.807, 2.05) is 67.8 Å². The number of hydrogen-bond acceptors (Lipinski definition) is 7. The van der Waals surface area contributed by atoms with Crippen molar-refractivity contribution >= 4 is 40.1 Å². The van der Waals surface area contributed by atoms with Gasteiger partial charge in [0.05, 0.1) is 35.1 Å². The number of aliphatic hydroxyl groups is 1. The van der Waals surface area contributed by atoms with E-state index in [0.717, 1.165) is 63.9 Å². The van der Waals surface area contributed by atoms with Gasteiger partial charge in [-0.1, -0.05) is 65.7 Å². The van der Waals surface area contributed by atoms with Crippen LogP contribution in [-0.4, -0.2) is 77.3 Å². The topological polar surface area (TPSA) is 115 Å². The number of aromatic amines is 1. The van der Waals surface area contributed by atoms with Crippen LogP contribution in [0.5, 0.6) is 5.88 Å². The Kier molecular flexibility index (Phi) is 10.4. The summed E-state index contributed by atoms with van der Waals surface area (Å²) in [7, 11) is 3.61. The lowest BCUT2D eigenvalue weighted by Gasteiger charge is -2.15. The summed E-state index contributed by atoms with van der Waals surface area (Å²) in [6.45, 7) is 2.88. The molecule has 9 nitrogen and oxygen atoms in total. The minimum atomic E-state index is 0.103. The molecule has 2 aromatic carbocycles. The molecule has 1 fully saturated rings. The van der Waals surface area contributed by atoms with Gasteiger partial charge >= 0.3 is 0 Å². The highest BCUT2D eigenvalue weighted by molar-refractivity contribution is 6.39. The number of amides is 1. The zero-order valence-electron chi connectivity index (χ0n) is 26.4. The second-order valence-electron chi connectivity index (χ2n) is 11.8. The molecule has 11 heteroatoms. The van der Waals surface area contributed by atoms with Gasteiger partial charge in [-0.25, -0.2) is 9.97 Å². The number of pyridine rings is 2. The van der Waals surface area contributed by atoms with Crippen molar-refractivity contribution in [3.63, 3.8) is 0 Å². The molecule has 1 saturated heterocycles. The van der Waals surface area contributed by atoms with E-state index in [4.69, 9.17) is 37.9 Å². The molecule has 4 N–H and O–H groups in total. The summed E-state index contributed by atoms with van der Waals surface area (Å²) in [6, 6.07) is 19.9. The largest absolute Gasteiger partial charge is 0.481 e. The molecule has 0 aliphatic carbocycles. The van der Waals surface area contributed by atoms with E-state index in [2.05, 4.69) is 26.6 Å². The molecule has 244 valence electrons. The number of aromatic nitrogens is 3. The maximum absolute atomic E-state index is 11.5. The Bertz CT molecular complexity index is 1890. The first-order chi connectivity index (χ1) is 22.9. The van der Waals surface area contributed by atoms with Gasteiger partial charge in [0, 0.05) is 78.0 Å². The second-order valence-corrected chi connectivity index (χ2v) is 12.6. The molecule has 1 aliphatic rings. The Labute approximate surface area is 284 Å². The molecule has 47 heavy (non-hydrogen) atoms. The molecule has 0 unspecified atom stereocenters. The molecule has 3 aromatic heterocycles. The number of benzene rings is 2. The van der Waals surface area contributed by atoms with Crippen molar-refractivity contribution in [3.05, 3.63) is 88.0 Å². The Morgan fingerprint density at radius 3 is 2.28 bits per heavy atom. The highest BCUT2D eigenvalue weighted by Gasteiger charge is 2.21. The summed E-state index contributed by atoms with van der Waals surface area (Å²) in [5, 5.41) is 17.7. The standard InChI is InChI=1S/C36H38Cl2N6O3/c1-44(17-18-45)16-15-22-20-40-35-25(22)11-13-30(42-35)28-7-3-5-26(33(28)37)27-6-4-8-29(34(27)38)31-12-9-23(36(43-31)47-2)19-39-21-24-10-14-32(46)41-24/h3-9,11-13,20,24,39,45H,10,14-19,21H2,1-2H3,(H,40,42)(H,41,46)/t24-/m0/s1. The van der Waals surface area contributed by atoms with Crippen LogP contribution in [0.25, 0.3) is 44.7 Å². The fourth-order valence-corrected chi connectivity index (χ4v) is 6.68. The summed E-state index contributed by atoms with van der Waals surface area (Å²) in [5.74, 6) is 0.616. The summed E-state index contributed by atoms with van der Waals surface area (Å²) in [6.07, 6.45) is 4.27. The molecule has 0 spiro atoms. The zero-order valence-corrected chi connectivity index (χ0v) is 28.0. The molecular weight excluding hydrogens is 635 g/mol. The van der Waals surface area contributed by atoms with Crippen LogP contribution in [0.1, 0.15) is 24.0 Å². The van der Waals surface area contributed by atoms with E-state index in [1.165, 1.54) is 5.56 Å². The Morgan fingerprint density at radius 2 is 1.62 bits per heavy atom. The van der Waals surface area contributed by atoms with Crippen molar-refractivity contribution in [1.82, 2.24) is 30.5 Å². The SMILES string of the molecule is COc1nc(-c2cccc(-c3cccc(-c4ccc5c(CCN(C)CCO)c[nH]c5n4)c3Cl)c2Cl)ccc1CNC[C@@H]1CCC(=O)N1. The molecule has 1 aliphatic heterocycles. The predicted octanol–water partition coefficient (Wildman–Crippen LogP) is 6.11. The van der Waals surface area contributed by atoms with E-state index < -0.39 is 0 Å². The number of methoxy groups -OCH3 is 1. The summed E-state index contributed by atoms with van der Waals surface area (Å²) in [4.78, 5) is 26.6. The average Bonchev–Trinajstić information content (AvgIpc) is 3.69. The van der Waals surface area contributed by atoms with E-state index in [-0.39, 0.29) is 18.6 Å². The number of rotatable bonds is 13. The van der Waals surface area contributed by atoms with E-state index in [1.54, 1.807) is 7.11 Å². The van der Waals surface area contributed by atoms with Crippen LogP contribution in [0.2, 0.25) is 10.0 Å². The first-order valence-corrected chi connectivity index (χ1v) is 16.5. The number of carbonyl (C=O) groups is 1. The lowest BCUT2D eigenvalue weighted by atomic mass is 9.98. The Balaban J connectivity index is 1.23. The maximum Gasteiger partial charge on any atom is 0.220 e. The molecule has 6 rings (SSSR count). The Hall–Kier alpha value is -3.99. The van der Waals surface area contributed by atoms with Crippen molar-refractivity contribution in [2.45, 2.75) is 31.8 Å². The minimum absolute atomic E-state index is 0.103. The number of halogens is 2. The van der Waals surface area contributed by atoms with Crippen molar-refractivity contribution in [2.75, 3.05) is 40.4 Å². The molecule has 0 saturated carbocycles. The van der Waals surface area contributed by atoms with E-state index in [9.17, 15) is 9.90 Å². The number of hydrogen-bond donors (Lipinski definition) is 4. The molecule has 1 atom stereocenters. The Morgan fingerprint density at radius 1 is 0.936 bits per heavy atom. The molecule has 4 heterocycles. The lowest BCUT2D eigenvalue weighted by Crippen LogP contribution is -2.35. The first-order valence-electron chi connectivity index (χ1n) is 15.7. The van der Waals surface area contributed by atoms with Gasteiger partial charge in [-0.3, -0.25) is 4.79 Å². The fraction of sp³-hybridized carbons (Fsp3) is 0.306. The monoisotopic (exact) mass is 672 g/mol. The first kappa shape index (κ1) is 32.9. The minimum Gasteiger partial charge on any atom is -0.481 e. The highest BCUT2D eigenvalue weighted by atomic mass is 35.5. The van der Waals surface area contributed by atoms with Crippen LogP contribution in [0, 0.1) is 0 Å². The molecule has 0 radical (unpaired) electrons. The highest BCUT2D eigenvalue weighted by Crippen LogP contribution is 2.42. The van der Waals surface area contributed by atoms with Crippen LogP contribution < -0.4 is 15.4 Å². The van der Waals surface area contributed by atoms with Gasteiger partial charge in [0.25, 0.3) is 0 Å². The summed E-state index contributed by atoms with van der Waals surface area (Å²) >= 11 is 14.2. The predicted molar refractivity (Wildman–Crippen MR) is 188 cm³/mol. The number of H-pyrrole nitrogens is 1. The van der Waals surface area contributed by atoms with Crippen LogP contribution in [0.4, 0.5) is 0 Å². The van der Waals surface area contributed by atoms with Gasteiger partial charge < -0.3 is 30.4 Å². The normalized spacial score (nSPS) is 14.7. The fourth-order valence-electron chi connectivity index (χ4n) is 6.03. The number of nitrogens with zero attached hydrogens (tertiary/aromatic N) is 3.